The van der Waals surface area contributed by atoms with Crippen molar-refractivity contribution in [3.63, 3.8) is 0 Å². The van der Waals surface area contributed by atoms with Gasteiger partial charge in [-0.15, -0.1) is 0 Å². The minimum absolute atomic E-state index is 0.0852. The first-order chi connectivity index (χ1) is 8.74. The second-order valence-corrected chi connectivity index (χ2v) is 3.91. The predicted molar refractivity (Wildman–Crippen MR) is 64.2 cm³/mol. The van der Waals surface area contributed by atoms with E-state index in [1.54, 1.807) is 0 Å². The number of alkyl halides is 3. The molecule has 0 aliphatic carbocycles. The molecule has 0 aliphatic heterocycles. The standard InChI is InChI=1S/C10H14F3N5O/c1-18(2)9(19)5-15-7-3-6(10(11,12)13)4-8(16-7)17-14/h3-4H,5,14H2,1-2H3,(H2,15,16,17). The first-order valence-electron chi connectivity index (χ1n) is 5.24. The lowest BCUT2D eigenvalue weighted by Crippen LogP contribution is -2.29. The van der Waals surface area contributed by atoms with E-state index >= 15 is 0 Å². The molecule has 0 bridgehead atoms. The normalized spacial score (nSPS) is 11.1. The molecule has 0 radical (unpaired) electrons. The third-order valence-electron chi connectivity index (χ3n) is 2.22. The molecule has 9 heteroatoms. The zero-order valence-corrected chi connectivity index (χ0v) is 10.4. The number of rotatable bonds is 4. The molecule has 4 N–H and O–H groups in total. The van der Waals surface area contributed by atoms with Gasteiger partial charge >= 0.3 is 6.18 Å². The molecular weight excluding hydrogens is 263 g/mol. The lowest BCUT2D eigenvalue weighted by atomic mass is 10.2. The molecule has 1 heterocycles. The van der Waals surface area contributed by atoms with Gasteiger partial charge in [-0.1, -0.05) is 0 Å². The third-order valence-corrected chi connectivity index (χ3v) is 2.22. The number of hydrazine groups is 1. The van der Waals surface area contributed by atoms with E-state index in [4.69, 9.17) is 5.84 Å². The number of hydrogen-bond donors (Lipinski definition) is 3. The van der Waals surface area contributed by atoms with Crippen LogP contribution in [-0.2, 0) is 11.0 Å². The fraction of sp³-hybridized carbons (Fsp3) is 0.400. The van der Waals surface area contributed by atoms with E-state index in [2.05, 4.69) is 10.3 Å². The number of likely N-dealkylation sites (N-methyl/N-ethyl adjacent to an activating group) is 1. The summed E-state index contributed by atoms with van der Waals surface area (Å²) in [4.78, 5) is 16.4. The van der Waals surface area contributed by atoms with Crippen molar-refractivity contribution in [2.24, 2.45) is 5.84 Å². The van der Waals surface area contributed by atoms with Crippen LogP contribution in [0.2, 0.25) is 0 Å². The molecule has 0 fully saturated rings. The lowest BCUT2D eigenvalue weighted by molar-refractivity contribution is -0.137. The molecule has 106 valence electrons. The second-order valence-electron chi connectivity index (χ2n) is 3.91. The summed E-state index contributed by atoms with van der Waals surface area (Å²) in [7, 11) is 3.08. The van der Waals surface area contributed by atoms with Gasteiger partial charge in [0.15, 0.2) is 0 Å². The average molecular weight is 277 g/mol. The summed E-state index contributed by atoms with van der Waals surface area (Å²) in [5.74, 6) is 4.53. The highest BCUT2D eigenvalue weighted by atomic mass is 19.4. The SMILES string of the molecule is CN(C)C(=O)CNc1cc(C(F)(F)F)cc(NN)n1. The molecule has 0 saturated heterocycles. The van der Waals surface area contributed by atoms with Crippen LogP contribution in [0.5, 0.6) is 0 Å². The van der Waals surface area contributed by atoms with Gasteiger partial charge in [0.2, 0.25) is 5.91 Å². The van der Waals surface area contributed by atoms with Crippen LogP contribution in [0, 0.1) is 0 Å². The highest BCUT2D eigenvalue weighted by Crippen LogP contribution is 2.31. The lowest BCUT2D eigenvalue weighted by Gasteiger charge is -2.14. The maximum Gasteiger partial charge on any atom is 0.416 e. The first kappa shape index (κ1) is 15.0. The minimum atomic E-state index is -4.52. The topological polar surface area (TPSA) is 83.3 Å². The molecule has 1 aromatic rings. The van der Waals surface area contributed by atoms with Crippen molar-refractivity contribution in [1.82, 2.24) is 9.88 Å². The maximum absolute atomic E-state index is 12.6. The molecule has 0 aromatic carbocycles. The van der Waals surface area contributed by atoms with Gasteiger partial charge in [0, 0.05) is 14.1 Å². The van der Waals surface area contributed by atoms with Crippen LogP contribution in [-0.4, -0.2) is 36.4 Å². The summed E-state index contributed by atoms with van der Waals surface area (Å²) in [6.45, 7) is -0.161. The number of carbonyl (C=O) groups excluding carboxylic acids is 1. The number of carbonyl (C=O) groups is 1. The molecule has 0 saturated carbocycles. The third kappa shape index (κ3) is 4.28. The average Bonchev–Trinajstić information content (AvgIpc) is 2.34. The number of nitrogen functional groups attached to an aromatic ring is 1. The Bertz CT molecular complexity index is 461. The Balaban J connectivity index is 2.92. The van der Waals surface area contributed by atoms with Crippen molar-refractivity contribution in [1.29, 1.82) is 0 Å². The molecule has 1 aromatic heterocycles. The van der Waals surface area contributed by atoms with Crippen molar-refractivity contribution >= 4 is 17.5 Å². The summed E-state index contributed by atoms with van der Waals surface area (Å²) in [5.41, 5.74) is 1.14. The van der Waals surface area contributed by atoms with Gasteiger partial charge in [-0.25, -0.2) is 10.8 Å². The fourth-order valence-electron chi connectivity index (χ4n) is 1.18. The molecule has 6 nitrogen and oxygen atoms in total. The number of amides is 1. The van der Waals surface area contributed by atoms with E-state index in [1.807, 2.05) is 5.43 Å². The fourth-order valence-corrected chi connectivity index (χ4v) is 1.18. The van der Waals surface area contributed by atoms with Gasteiger partial charge in [-0.3, -0.25) is 4.79 Å². The van der Waals surface area contributed by atoms with Gasteiger partial charge in [0.1, 0.15) is 11.6 Å². The van der Waals surface area contributed by atoms with Crippen molar-refractivity contribution in [2.45, 2.75) is 6.18 Å². The summed E-state index contributed by atoms with van der Waals surface area (Å²) in [6, 6.07) is 1.59. The van der Waals surface area contributed by atoms with Crippen molar-refractivity contribution in [3.8, 4) is 0 Å². The Labute approximate surface area is 107 Å². The van der Waals surface area contributed by atoms with Gasteiger partial charge in [-0.05, 0) is 12.1 Å². The Morgan fingerprint density at radius 3 is 2.42 bits per heavy atom. The Kier molecular flexibility index (Phi) is 4.54. The number of nitrogens with one attached hydrogen (secondary N) is 2. The Hall–Kier alpha value is -2.03. The van der Waals surface area contributed by atoms with Crippen LogP contribution in [0.15, 0.2) is 12.1 Å². The second kappa shape index (κ2) is 5.74. The van der Waals surface area contributed by atoms with E-state index in [9.17, 15) is 18.0 Å². The number of nitrogens with zero attached hydrogens (tertiary/aromatic N) is 2. The smallest absolute Gasteiger partial charge is 0.361 e. The predicted octanol–water partition coefficient (Wildman–Crippen LogP) is 0.886. The van der Waals surface area contributed by atoms with E-state index in [0.29, 0.717) is 0 Å². The molecule has 0 aliphatic rings. The number of pyridine rings is 1. The zero-order valence-electron chi connectivity index (χ0n) is 10.4. The van der Waals surface area contributed by atoms with Crippen LogP contribution in [0.3, 0.4) is 0 Å². The van der Waals surface area contributed by atoms with E-state index < -0.39 is 11.7 Å². The quantitative estimate of drug-likeness (QED) is 0.562. The van der Waals surface area contributed by atoms with Gasteiger partial charge in [0.25, 0.3) is 0 Å². The van der Waals surface area contributed by atoms with Gasteiger partial charge < -0.3 is 15.6 Å². The monoisotopic (exact) mass is 277 g/mol. The molecule has 19 heavy (non-hydrogen) atoms. The Morgan fingerprint density at radius 2 is 1.95 bits per heavy atom. The van der Waals surface area contributed by atoms with Crippen molar-refractivity contribution in [2.75, 3.05) is 31.4 Å². The highest BCUT2D eigenvalue weighted by molar-refractivity contribution is 5.80. The first-order valence-corrected chi connectivity index (χ1v) is 5.24. The van der Waals surface area contributed by atoms with E-state index in [-0.39, 0.29) is 24.1 Å². The minimum Gasteiger partial charge on any atom is -0.361 e. The van der Waals surface area contributed by atoms with Crippen molar-refractivity contribution in [3.05, 3.63) is 17.7 Å². The molecule has 1 rings (SSSR count). The molecule has 0 spiro atoms. The zero-order chi connectivity index (χ0) is 14.6. The summed E-state index contributed by atoms with van der Waals surface area (Å²) < 4.78 is 37.8. The van der Waals surface area contributed by atoms with E-state index in [1.165, 1.54) is 19.0 Å². The number of nitrogens with two attached hydrogens (primary N) is 1. The Morgan fingerprint density at radius 1 is 1.37 bits per heavy atom. The number of aromatic nitrogens is 1. The van der Waals surface area contributed by atoms with Crippen molar-refractivity contribution < 1.29 is 18.0 Å². The molecule has 0 unspecified atom stereocenters. The number of hydrogen-bond acceptors (Lipinski definition) is 5. The number of halogens is 3. The maximum atomic E-state index is 12.6. The van der Waals surface area contributed by atoms with Crippen LogP contribution in [0.4, 0.5) is 24.8 Å². The van der Waals surface area contributed by atoms with Crippen LogP contribution >= 0.6 is 0 Å². The largest absolute Gasteiger partial charge is 0.416 e. The highest BCUT2D eigenvalue weighted by Gasteiger charge is 2.31. The molecule has 0 atom stereocenters. The van der Waals surface area contributed by atoms with Crippen LogP contribution in [0.1, 0.15) is 5.56 Å². The van der Waals surface area contributed by atoms with Gasteiger partial charge in [-0.2, -0.15) is 13.2 Å². The molecule has 1 amide bonds. The summed E-state index contributed by atoms with van der Waals surface area (Å²) in [5, 5.41) is 2.52. The van der Waals surface area contributed by atoms with E-state index in [0.717, 1.165) is 12.1 Å². The summed E-state index contributed by atoms with van der Waals surface area (Å²) >= 11 is 0. The number of anilines is 2. The van der Waals surface area contributed by atoms with Crippen LogP contribution < -0.4 is 16.6 Å². The van der Waals surface area contributed by atoms with Crippen LogP contribution in [0.25, 0.3) is 0 Å². The molecular formula is C10H14F3N5O. The summed E-state index contributed by atoms with van der Waals surface area (Å²) in [6.07, 6.45) is -4.52. The van der Waals surface area contributed by atoms with Gasteiger partial charge in [0.05, 0.1) is 12.1 Å².